The predicted molar refractivity (Wildman–Crippen MR) is 135 cm³/mol. The maximum Gasteiger partial charge on any atom is 0.243 e. The zero-order valence-electron chi connectivity index (χ0n) is 20.3. The molecule has 8 nitrogen and oxygen atoms in total. The van der Waals surface area contributed by atoms with Gasteiger partial charge in [-0.3, -0.25) is 0 Å². The number of aromatic nitrogens is 2. The van der Waals surface area contributed by atoms with Crippen LogP contribution in [0.2, 0.25) is 0 Å². The Morgan fingerprint density at radius 2 is 1.56 bits per heavy atom. The number of ether oxygens (including phenoxy) is 1. The van der Waals surface area contributed by atoms with Crippen molar-refractivity contribution in [2.45, 2.75) is 32.6 Å². The smallest absolute Gasteiger partial charge is 0.243 e. The molecule has 0 spiro atoms. The summed E-state index contributed by atoms with van der Waals surface area (Å²) < 4.78 is 33.6. The molecule has 0 aliphatic carbocycles. The number of rotatable bonds is 6. The van der Waals surface area contributed by atoms with Gasteiger partial charge in [-0.15, -0.1) is 0 Å². The maximum absolute atomic E-state index is 13.4. The minimum Gasteiger partial charge on any atom is -0.496 e. The lowest BCUT2D eigenvalue weighted by molar-refractivity contribution is 0.382. The van der Waals surface area contributed by atoms with Crippen LogP contribution in [0.15, 0.2) is 47.4 Å². The van der Waals surface area contributed by atoms with E-state index in [9.17, 15) is 8.42 Å². The van der Waals surface area contributed by atoms with Gasteiger partial charge in [-0.25, -0.2) is 13.4 Å². The van der Waals surface area contributed by atoms with Crippen molar-refractivity contribution in [2.24, 2.45) is 0 Å². The molecule has 3 aromatic rings. The van der Waals surface area contributed by atoms with E-state index in [0.29, 0.717) is 54.2 Å². The van der Waals surface area contributed by atoms with Crippen molar-refractivity contribution in [3.8, 4) is 5.75 Å². The van der Waals surface area contributed by atoms with E-state index < -0.39 is 10.0 Å². The SMILES string of the molecule is COc1cc(C)c(S(=O)(=O)N2CCN(c3nc(C)cc(Nc4ccc(C)cc4)n3)CC2)cc1C. The molecule has 0 amide bonds. The van der Waals surface area contributed by atoms with Gasteiger partial charge in [-0.2, -0.15) is 9.29 Å². The van der Waals surface area contributed by atoms with E-state index in [1.54, 1.807) is 30.5 Å². The van der Waals surface area contributed by atoms with Gasteiger partial charge in [0.25, 0.3) is 0 Å². The predicted octanol–water partition coefficient (Wildman–Crippen LogP) is 3.97. The van der Waals surface area contributed by atoms with Crippen molar-refractivity contribution in [1.29, 1.82) is 0 Å². The van der Waals surface area contributed by atoms with E-state index in [-0.39, 0.29) is 0 Å². The lowest BCUT2D eigenvalue weighted by atomic mass is 10.1. The quantitative estimate of drug-likeness (QED) is 0.570. The Bertz CT molecular complexity index is 1280. The second kappa shape index (κ2) is 9.60. The van der Waals surface area contributed by atoms with Crippen molar-refractivity contribution in [3.63, 3.8) is 0 Å². The van der Waals surface area contributed by atoms with E-state index in [1.165, 1.54) is 5.56 Å². The Labute approximate surface area is 201 Å². The summed E-state index contributed by atoms with van der Waals surface area (Å²) in [7, 11) is -2.02. The van der Waals surface area contributed by atoms with Crippen LogP contribution in [0.25, 0.3) is 0 Å². The summed E-state index contributed by atoms with van der Waals surface area (Å²) in [5.41, 5.74) is 4.47. The van der Waals surface area contributed by atoms with E-state index >= 15 is 0 Å². The second-order valence-corrected chi connectivity index (χ2v) is 10.6. The average molecular weight is 482 g/mol. The average Bonchev–Trinajstić information content (AvgIpc) is 2.81. The third-order valence-electron chi connectivity index (χ3n) is 6.00. The van der Waals surface area contributed by atoms with Crippen LogP contribution in [-0.2, 0) is 10.0 Å². The molecule has 0 unspecified atom stereocenters. The molecular weight excluding hydrogens is 450 g/mol. The molecule has 1 aliphatic heterocycles. The van der Waals surface area contributed by atoms with Gasteiger partial charge < -0.3 is 15.0 Å². The fourth-order valence-electron chi connectivity index (χ4n) is 4.07. The third-order valence-corrected chi connectivity index (χ3v) is 8.04. The molecule has 1 saturated heterocycles. The monoisotopic (exact) mass is 481 g/mol. The lowest BCUT2D eigenvalue weighted by Gasteiger charge is -2.34. The molecule has 2 aromatic carbocycles. The van der Waals surface area contributed by atoms with Crippen LogP contribution in [0, 0.1) is 27.7 Å². The molecule has 0 radical (unpaired) electrons. The number of piperazine rings is 1. The summed E-state index contributed by atoms with van der Waals surface area (Å²) >= 11 is 0. The minimum atomic E-state index is -3.61. The summed E-state index contributed by atoms with van der Waals surface area (Å²) in [6, 6.07) is 13.5. The summed E-state index contributed by atoms with van der Waals surface area (Å²) in [5, 5.41) is 3.33. The van der Waals surface area contributed by atoms with Crippen molar-refractivity contribution < 1.29 is 13.2 Å². The third kappa shape index (κ3) is 5.00. The van der Waals surface area contributed by atoms with Gasteiger partial charge in [0.05, 0.1) is 12.0 Å². The van der Waals surface area contributed by atoms with Crippen molar-refractivity contribution in [1.82, 2.24) is 14.3 Å². The zero-order valence-corrected chi connectivity index (χ0v) is 21.1. The van der Waals surface area contributed by atoms with Gasteiger partial charge in [0.15, 0.2) is 0 Å². The Kier molecular flexibility index (Phi) is 6.77. The molecule has 180 valence electrons. The Hall–Kier alpha value is -3.17. The molecule has 34 heavy (non-hydrogen) atoms. The van der Waals surface area contributed by atoms with Gasteiger partial charge in [-0.1, -0.05) is 17.7 Å². The molecule has 1 aliphatic rings. The van der Waals surface area contributed by atoms with Crippen molar-refractivity contribution in [3.05, 3.63) is 64.8 Å². The first kappa shape index (κ1) is 24.0. The first-order valence-electron chi connectivity index (χ1n) is 11.3. The first-order valence-corrected chi connectivity index (χ1v) is 12.7. The van der Waals surface area contributed by atoms with Gasteiger partial charge >= 0.3 is 0 Å². The highest BCUT2D eigenvalue weighted by Gasteiger charge is 2.31. The van der Waals surface area contributed by atoms with Crippen LogP contribution in [0.3, 0.4) is 0 Å². The molecule has 0 saturated carbocycles. The maximum atomic E-state index is 13.4. The van der Waals surface area contributed by atoms with Crippen LogP contribution in [0.4, 0.5) is 17.5 Å². The molecular formula is C25H31N5O3S. The highest BCUT2D eigenvalue weighted by atomic mass is 32.2. The van der Waals surface area contributed by atoms with E-state index in [4.69, 9.17) is 4.74 Å². The number of anilines is 3. The van der Waals surface area contributed by atoms with Crippen molar-refractivity contribution >= 4 is 27.5 Å². The zero-order chi connectivity index (χ0) is 24.5. The van der Waals surface area contributed by atoms with Gasteiger partial charge in [-0.05, 0) is 63.1 Å². The van der Waals surface area contributed by atoms with Gasteiger partial charge in [0, 0.05) is 43.6 Å². The Morgan fingerprint density at radius 1 is 0.882 bits per heavy atom. The number of benzene rings is 2. The summed E-state index contributed by atoms with van der Waals surface area (Å²) in [5.74, 6) is 2.00. The highest BCUT2D eigenvalue weighted by molar-refractivity contribution is 7.89. The van der Waals surface area contributed by atoms with E-state index in [1.807, 2.05) is 56.0 Å². The summed E-state index contributed by atoms with van der Waals surface area (Å²) in [6.45, 7) is 9.40. The fourth-order valence-corrected chi connectivity index (χ4v) is 5.79. The van der Waals surface area contributed by atoms with Crippen molar-refractivity contribution in [2.75, 3.05) is 43.5 Å². The molecule has 1 aromatic heterocycles. The second-order valence-electron chi connectivity index (χ2n) is 8.66. The topological polar surface area (TPSA) is 87.7 Å². The van der Waals surface area contributed by atoms with Gasteiger partial charge in [0.1, 0.15) is 11.6 Å². The standard InChI is InChI=1S/C25H31N5O3S/c1-17-6-8-21(9-7-17)27-24-16-20(4)26-25(28-24)29-10-12-30(13-11-29)34(31,32)23-15-18(2)22(33-5)14-19(23)3/h6-9,14-16H,10-13H2,1-5H3,(H,26,27,28). The van der Waals surface area contributed by atoms with Crippen LogP contribution >= 0.6 is 0 Å². The molecule has 0 atom stereocenters. The number of nitrogens with one attached hydrogen (secondary N) is 1. The normalized spacial score (nSPS) is 14.8. The number of sulfonamides is 1. The van der Waals surface area contributed by atoms with E-state index in [0.717, 1.165) is 16.9 Å². The first-order chi connectivity index (χ1) is 16.2. The lowest BCUT2D eigenvalue weighted by Crippen LogP contribution is -2.49. The van der Waals surface area contributed by atoms with Crippen LogP contribution < -0.4 is 15.0 Å². The molecule has 4 rings (SSSR count). The van der Waals surface area contributed by atoms with E-state index in [2.05, 4.69) is 15.3 Å². The number of nitrogens with zero attached hydrogens (tertiary/aromatic N) is 4. The summed E-state index contributed by atoms with van der Waals surface area (Å²) in [6.07, 6.45) is 0. The molecule has 1 N–H and O–H groups in total. The molecule has 9 heteroatoms. The van der Waals surface area contributed by atoms with Crippen LogP contribution in [0.5, 0.6) is 5.75 Å². The van der Waals surface area contributed by atoms with Crippen LogP contribution in [0.1, 0.15) is 22.4 Å². The molecule has 0 bridgehead atoms. The largest absolute Gasteiger partial charge is 0.496 e. The Balaban J connectivity index is 1.49. The minimum absolute atomic E-state index is 0.329. The number of hydrogen-bond donors (Lipinski definition) is 1. The fraction of sp³-hybridized carbons (Fsp3) is 0.360. The molecule has 1 fully saturated rings. The number of methoxy groups -OCH3 is 1. The Morgan fingerprint density at radius 3 is 2.21 bits per heavy atom. The highest BCUT2D eigenvalue weighted by Crippen LogP contribution is 2.29. The summed E-state index contributed by atoms with van der Waals surface area (Å²) in [4.78, 5) is 11.6. The number of hydrogen-bond acceptors (Lipinski definition) is 7. The molecule has 2 heterocycles. The van der Waals surface area contributed by atoms with Gasteiger partial charge in [0.2, 0.25) is 16.0 Å². The number of aryl methyl sites for hydroxylation is 4. The van der Waals surface area contributed by atoms with Crippen LogP contribution in [-0.4, -0.2) is 56.0 Å².